The molecular formula is C13H21N3. The lowest BCUT2D eigenvalue weighted by Gasteiger charge is -2.30. The minimum atomic E-state index is 0.625. The molecule has 2 heterocycles. The van der Waals surface area contributed by atoms with Crippen molar-refractivity contribution in [3.63, 3.8) is 0 Å². The minimum absolute atomic E-state index is 0.625. The molecule has 0 radical (unpaired) electrons. The fourth-order valence-electron chi connectivity index (χ4n) is 2.23. The molecular weight excluding hydrogens is 198 g/mol. The highest BCUT2D eigenvalue weighted by Crippen LogP contribution is 2.18. The van der Waals surface area contributed by atoms with E-state index in [2.05, 4.69) is 35.1 Å². The van der Waals surface area contributed by atoms with E-state index in [1.807, 2.05) is 12.3 Å². The van der Waals surface area contributed by atoms with Gasteiger partial charge in [-0.2, -0.15) is 0 Å². The molecule has 1 atom stereocenters. The van der Waals surface area contributed by atoms with E-state index in [0.29, 0.717) is 6.04 Å². The quantitative estimate of drug-likeness (QED) is 0.782. The molecule has 1 saturated heterocycles. The maximum atomic E-state index is 4.37. The summed E-state index contributed by atoms with van der Waals surface area (Å²) < 4.78 is 0. The number of rotatable bonds is 1. The zero-order valence-corrected chi connectivity index (χ0v) is 10.2. The molecule has 3 heteroatoms. The molecule has 1 aromatic heterocycles. The van der Waals surface area contributed by atoms with Crippen molar-refractivity contribution in [3.05, 3.63) is 24.0 Å². The highest BCUT2D eigenvalue weighted by Gasteiger charge is 2.13. The molecule has 1 fully saturated rings. The number of nitrogens with one attached hydrogen (secondary N) is 1. The normalized spacial score (nSPS) is 22.6. The maximum absolute atomic E-state index is 4.37. The average molecular weight is 219 g/mol. The molecule has 3 nitrogen and oxygen atoms in total. The fourth-order valence-corrected chi connectivity index (χ4v) is 2.23. The number of hydrogen-bond donors (Lipinski definition) is 1. The predicted octanol–water partition coefficient (Wildman–Crippen LogP) is 1.97. The highest BCUT2D eigenvalue weighted by atomic mass is 15.1. The van der Waals surface area contributed by atoms with Gasteiger partial charge in [-0.3, -0.25) is 4.98 Å². The van der Waals surface area contributed by atoms with Crippen LogP contribution in [-0.2, 0) is 0 Å². The first-order chi connectivity index (χ1) is 7.77. The van der Waals surface area contributed by atoms with Gasteiger partial charge >= 0.3 is 0 Å². The molecule has 0 aliphatic carbocycles. The van der Waals surface area contributed by atoms with Crippen LogP contribution in [0.25, 0.3) is 0 Å². The lowest BCUT2D eigenvalue weighted by Crippen LogP contribution is -2.38. The van der Waals surface area contributed by atoms with Crippen LogP contribution in [0.15, 0.2) is 18.3 Å². The number of aromatic nitrogens is 1. The first kappa shape index (κ1) is 11.4. The summed E-state index contributed by atoms with van der Waals surface area (Å²) in [6, 6.07) is 4.84. The fraction of sp³-hybridized carbons (Fsp3) is 0.615. The van der Waals surface area contributed by atoms with Crippen LogP contribution in [0.2, 0.25) is 0 Å². The van der Waals surface area contributed by atoms with Gasteiger partial charge < -0.3 is 10.2 Å². The van der Waals surface area contributed by atoms with Crippen molar-refractivity contribution >= 4 is 5.69 Å². The average Bonchev–Trinajstić information content (AvgIpc) is 2.26. The van der Waals surface area contributed by atoms with Crippen molar-refractivity contribution in [2.45, 2.75) is 32.7 Å². The molecule has 1 N–H and O–H groups in total. The number of nitrogens with zero attached hydrogens (tertiary/aromatic N) is 2. The van der Waals surface area contributed by atoms with Gasteiger partial charge in [-0.1, -0.05) is 0 Å². The van der Waals surface area contributed by atoms with Crippen molar-refractivity contribution in [1.29, 1.82) is 0 Å². The van der Waals surface area contributed by atoms with E-state index in [9.17, 15) is 0 Å². The van der Waals surface area contributed by atoms with Crippen LogP contribution in [0.3, 0.4) is 0 Å². The predicted molar refractivity (Wildman–Crippen MR) is 67.9 cm³/mol. The summed E-state index contributed by atoms with van der Waals surface area (Å²) in [6.45, 7) is 7.74. The van der Waals surface area contributed by atoms with E-state index < -0.39 is 0 Å². The van der Waals surface area contributed by atoms with Crippen LogP contribution >= 0.6 is 0 Å². The Balaban J connectivity index is 2.10. The first-order valence-electron chi connectivity index (χ1n) is 6.17. The molecule has 16 heavy (non-hydrogen) atoms. The Kier molecular flexibility index (Phi) is 3.78. The van der Waals surface area contributed by atoms with Crippen LogP contribution in [0.4, 0.5) is 5.69 Å². The van der Waals surface area contributed by atoms with Crippen LogP contribution in [0, 0.1) is 6.92 Å². The Morgan fingerprint density at radius 3 is 3.12 bits per heavy atom. The van der Waals surface area contributed by atoms with Gasteiger partial charge in [0.25, 0.3) is 0 Å². The number of anilines is 1. The summed E-state index contributed by atoms with van der Waals surface area (Å²) >= 11 is 0. The Morgan fingerprint density at radius 2 is 2.31 bits per heavy atom. The third-order valence-electron chi connectivity index (χ3n) is 3.25. The molecule has 0 saturated carbocycles. The lowest BCUT2D eigenvalue weighted by molar-refractivity contribution is 0.474. The van der Waals surface area contributed by atoms with E-state index in [1.54, 1.807) is 0 Å². The smallest absolute Gasteiger partial charge is 0.0605 e. The maximum Gasteiger partial charge on any atom is 0.0605 e. The van der Waals surface area contributed by atoms with Gasteiger partial charge in [-0.15, -0.1) is 0 Å². The van der Waals surface area contributed by atoms with E-state index in [4.69, 9.17) is 0 Å². The zero-order valence-electron chi connectivity index (χ0n) is 10.2. The zero-order chi connectivity index (χ0) is 11.4. The Bertz CT molecular complexity index is 338. The van der Waals surface area contributed by atoms with Gasteiger partial charge in [0.1, 0.15) is 0 Å². The summed E-state index contributed by atoms with van der Waals surface area (Å²) in [4.78, 5) is 6.84. The van der Waals surface area contributed by atoms with Gasteiger partial charge in [0, 0.05) is 25.3 Å². The Hall–Kier alpha value is -1.09. The monoisotopic (exact) mass is 219 g/mol. The minimum Gasteiger partial charge on any atom is -0.370 e. The molecule has 88 valence electrons. The van der Waals surface area contributed by atoms with Crippen molar-refractivity contribution in [3.8, 4) is 0 Å². The van der Waals surface area contributed by atoms with Crippen LogP contribution in [-0.4, -0.2) is 30.7 Å². The molecule has 0 amide bonds. The summed E-state index contributed by atoms with van der Waals surface area (Å²) in [7, 11) is 0. The summed E-state index contributed by atoms with van der Waals surface area (Å²) in [6.07, 6.45) is 4.28. The molecule has 1 aliphatic heterocycles. The van der Waals surface area contributed by atoms with Gasteiger partial charge in [-0.25, -0.2) is 0 Å². The van der Waals surface area contributed by atoms with Crippen molar-refractivity contribution in [1.82, 2.24) is 10.3 Å². The lowest BCUT2D eigenvalue weighted by atomic mass is 10.1. The standard InChI is InChI=1S/C13H21N3/c1-11-6-10-16(9-4-8-14-11)13-5-3-7-15-12(13)2/h3,5,7,11,14H,4,6,8-10H2,1-2H3. The molecule has 1 unspecified atom stereocenters. The molecule has 1 aliphatic rings. The Morgan fingerprint density at radius 1 is 1.44 bits per heavy atom. The SMILES string of the molecule is Cc1ncccc1N1CCCNC(C)CC1. The van der Waals surface area contributed by atoms with E-state index in [-0.39, 0.29) is 0 Å². The van der Waals surface area contributed by atoms with Gasteiger partial charge in [0.15, 0.2) is 0 Å². The molecule has 0 aromatic carbocycles. The van der Waals surface area contributed by atoms with Gasteiger partial charge in [0.2, 0.25) is 0 Å². The summed E-state index contributed by atoms with van der Waals surface area (Å²) in [5.41, 5.74) is 2.44. The van der Waals surface area contributed by atoms with Gasteiger partial charge in [-0.05, 0) is 45.4 Å². The van der Waals surface area contributed by atoms with E-state index in [0.717, 1.165) is 25.3 Å². The summed E-state index contributed by atoms with van der Waals surface area (Å²) in [5, 5.41) is 3.53. The number of pyridine rings is 1. The first-order valence-corrected chi connectivity index (χ1v) is 6.17. The Labute approximate surface area is 97.9 Å². The molecule has 2 rings (SSSR count). The highest BCUT2D eigenvalue weighted by molar-refractivity contribution is 5.49. The van der Waals surface area contributed by atoms with E-state index in [1.165, 1.54) is 18.5 Å². The second kappa shape index (κ2) is 5.30. The van der Waals surface area contributed by atoms with Crippen LogP contribution < -0.4 is 10.2 Å². The van der Waals surface area contributed by atoms with Gasteiger partial charge in [0.05, 0.1) is 11.4 Å². The van der Waals surface area contributed by atoms with Crippen molar-refractivity contribution in [2.75, 3.05) is 24.5 Å². The van der Waals surface area contributed by atoms with Crippen LogP contribution in [0.1, 0.15) is 25.5 Å². The van der Waals surface area contributed by atoms with Crippen molar-refractivity contribution < 1.29 is 0 Å². The summed E-state index contributed by atoms with van der Waals surface area (Å²) in [5.74, 6) is 0. The third-order valence-corrected chi connectivity index (χ3v) is 3.25. The second-order valence-electron chi connectivity index (χ2n) is 4.59. The topological polar surface area (TPSA) is 28.2 Å². The van der Waals surface area contributed by atoms with Crippen LogP contribution in [0.5, 0.6) is 0 Å². The largest absolute Gasteiger partial charge is 0.370 e. The second-order valence-corrected chi connectivity index (χ2v) is 4.59. The number of aryl methyl sites for hydroxylation is 1. The molecule has 0 bridgehead atoms. The van der Waals surface area contributed by atoms with Crippen molar-refractivity contribution in [2.24, 2.45) is 0 Å². The molecule has 1 aromatic rings. The third kappa shape index (κ3) is 2.73. The van der Waals surface area contributed by atoms with E-state index >= 15 is 0 Å². The number of hydrogen-bond acceptors (Lipinski definition) is 3. The molecule has 0 spiro atoms.